The van der Waals surface area contributed by atoms with Crippen LogP contribution in [-0.2, 0) is 17.8 Å². The van der Waals surface area contributed by atoms with Gasteiger partial charge in [0.1, 0.15) is 0 Å². The molecule has 146 valence electrons. The number of likely N-dealkylation sites (tertiary alicyclic amines) is 1. The van der Waals surface area contributed by atoms with E-state index in [2.05, 4.69) is 55.0 Å². The van der Waals surface area contributed by atoms with Gasteiger partial charge in [0.05, 0.1) is 12.2 Å². The van der Waals surface area contributed by atoms with Crippen LogP contribution in [0.3, 0.4) is 0 Å². The molecule has 1 amide bonds. The molecule has 1 fully saturated rings. The molecule has 2 aromatic rings. The van der Waals surface area contributed by atoms with E-state index in [4.69, 9.17) is 5.10 Å². The minimum absolute atomic E-state index is 0.264. The minimum Gasteiger partial charge on any atom is -0.341 e. The van der Waals surface area contributed by atoms with Gasteiger partial charge in [0.25, 0.3) is 0 Å². The monoisotopic (exact) mass is 368 g/mol. The van der Waals surface area contributed by atoms with Crippen molar-refractivity contribution in [2.24, 2.45) is 0 Å². The van der Waals surface area contributed by atoms with Gasteiger partial charge in [-0.15, -0.1) is 0 Å². The first-order chi connectivity index (χ1) is 13.0. The van der Waals surface area contributed by atoms with Crippen molar-refractivity contribution in [2.45, 2.75) is 59.0 Å². The van der Waals surface area contributed by atoms with Crippen LogP contribution >= 0.6 is 0 Å². The summed E-state index contributed by atoms with van der Waals surface area (Å²) in [4.78, 5) is 14.7. The number of piperidine rings is 1. The Balaban J connectivity index is 1.62. The van der Waals surface area contributed by atoms with Crippen LogP contribution in [0.25, 0.3) is 0 Å². The van der Waals surface area contributed by atoms with E-state index in [1.54, 1.807) is 0 Å². The van der Waals surface area contributed by atoms with Gasteiger partial charge in [0, 0.05) is 31.2 Å². The van der Waals surface area contributed by atoms with Gasteiger partial charge in [-0.2, -0.15) is 5.10 Å². The Morgan fingerprint density at radius 1 is 1.22 bits per heavy atom. The molecule has 5 nitrogen and oxygen atoms in total. The first-order valence-electron chi connectivity index (χ1n) is 10.0. The van der Waals surface area contributed by atoms with Gasteiger partial charge in [0.15, 0.2) is 0 Å². The Morgan fingerprint density at radius 3 is 2.67 bits per heavy atom. The fourth-order valence-electron chi connectivity index (χ4n) is 3.95. The highest BCUT2D eigenvalue weighted by atomic mass is 16.2. The van der Waals surface area contributed by atoms with Gasteiger partial charge in [-0.05, 0) is 58.2 Å². The number of carbonyl (C=O) groups is 1. The number of aromatic nitrogens is 2. The summed E-state index contributed by atoms with van der Waals surface area (Å²) in [5.74, 6) is 0.264. The summed E-state index contributed by atoms with van der Waals surface area (Å²) < 4.78 is 2.07. The van der Waals surface area contributed by atoms with Crippen molar-refractivity contribution >= 4 is 5.91 Å². The molecule has 5 heteroatoms. The minimum atomic E-state index is 0.264. The van der Waals surface area contributed by atoms with Crippen LogP contribution in [0.5, 0.6) is 0 Å². The maximum Gasteiger partial charge on any atom is 0.222 e. The third kappa shape index (κ3) is 4.78. The Bertz CT molecular complexity index is 778. The van der Waals surface area contributed by atoms with Gasteiger partial charge in [-0.25, -0.2) is 0 Å². The van der Waals surface area contributed by atoms with Crippen LogP contribution in [0.15, 0.2) is 24.3 Å². The molecular formula is C22H32N4O. The van der Waals surface area contributed by atoms with E-state index in [1.807, 2.05) is 11.9 Å². The maximum absolute atomic E-state index is 12.7. The predicted octanol–water partition coefficient (Wildman–Crippen LogP) is 3.00. The lowest BCUT2D eigenvalue weighted by Crippen LogP contribution is -2.47. The summed E-state index contributed by atoms with van der Waals surface area (Å²) >= 11 is 0. The number of aryl methyl sites for hydroxylation is 2. The molecule has 0 radical (unpaired) electrons. The highest BCUT2D eigenvalue weighted by Crippen LogP contribution is 2.18. The zero-order chi connectivity index (χ0) is 19.4. The zero-order valence-electron chi connectivity index (χ0n) is 17.1. The lowest BCUT2D eigenvalue weighted by molar-refractivity contribution is -0.132. The zero-order valence-corrected chi connectivity index (χ0v) is 17.1. The average Bonchev–Trinajstić information content (AvgIpc) is 2.94. The van der Waals surface area contributed by atoms with E-state index in [-0.39, 0.29) is 5.91 Å². The molecule has 1 atom stereocenters. The highest BCUT2D eigenvalue weighted by molar-refractivity contribution is 5.76. The summed E-state index contributed by atoms with van der Waals surface area (Å²) in [5.41, 5.74) is 5.95. The molecule has 0 bridgehead atoms. The van der Waals surface area contributed by atoms with Crippen molar-refractivity contribution in [1.82, 2.24) is 20.0 Å². The van der Waals surface area contributed by atoms with Gasteiger partial charge >= 0.3 is 0 Å². The molecule has 0 saturated carbocycles. The maximum atomic E-state index is 12.7. The number of nitrogens with zero attached hydrogens (tertiary/aromatic N) is 3. The Kier molecular flexibility index (Phi) is 6.32. The van der Waals surface area contributed by atoms with Crippen LogP contribution < -0.4 is 5.32 Å². The Morgan fingerprint density at radius 2 is 1.96 bits per heavy atom. The molecule has 0 aliphatic carbocycles. The van der Waals surface area contributed by atoms with Crippen LogP contribution in [0.2, 0.25) is 0 Å². The molecule has 1 N–H and O–H groups in total. The van der Waals surface area contributed by atoms with E-state index >= 15 is 0 Å². The second-order valence-corrected chi connectivity index (χ2v) is 7.76. The largest absolute Gasteiger partial charge is 0.341 e. The van der Waals surface area contributed by atoms with Gasteiger partial charge in [-0.3, -0.25) is 9.48 Å². The van der Waals surface area contributed by atoms with Gasteiger partial charge < -0.3 is 10.2 Å². The number of nitrogens with one attached hydrogen (secondary N) is 1. The molecule has 1 aromatic carbocycles. The molecule has 2 heterocycles. The molecule has 1 aromatic heterocycles. The van der Waals surface area contributed by atoms with Crippen molar-refractivity contribution < 1.29 is 4.79 Å². The quantitative estimate of drug-likeness (QED) is 0.853. The molecule has 1 saturated heterocycles. The number of carbonyl (C=O) groups excluding carboxylic acids is 1. The third-order valence-corrected chi connectivity index (χ3v) is 5.76. The van der Waals surface area contributed by atoms with E-state index in [9.17, 15) is 4.79 Å². The first kappa shape index (κ1) is 19.6. The predicted molar refractivity (Wildman–Crippen MR) is 109 cm³/mol. The van der Waals surface area contributed by atoms with Crippen molar-refractivity contribution in [3.8, 4) is 0 Å². The van der Waals surface area contributed by atoms with Crippen LogP contribution in [0.4, 0.5) is 0 Å². The fourth-order valence-corrected chi connectivity index (χ4v) is 3.95. The standard InChI is InChI=1S/C22H32N4O/c1-16-7-9-19(10-8-16)14-26-18(3)21(17(2)24-26)11-12-22(27)25-13-5-6-20(15-25)23-4/h7-10,20,23H,5-6,11-15H2,1-4H3. The molecule has 3 rings (SSSR count). The SMILES string of the molecule is CNC1CCCN(C(=O)CCc2c(C)nn(Cc3ccc(C)cc3)c2C)C1. The summed E-state index contributed by atoms with van der Waals surface area (Å²) in [6, 6.07) is 9.02. The topological polar surface area (TPSA) is 50.2 Å². The lowest BCUT2D eigenvalue weighted by Gasteiger charge is -2.32. The average molecular weight is 369 g/mol. The third-order valence-electron chi connectivity index (χ3n) is 5.76. The van der Waals surface area contributed by atoms with Crippen molar-refractivity contribution in [1.29, 1.82) is 0 Å². The molecule has 1 aliphatic rings. The molecule has 1 aliphatic heterocycles. The Hall–Kier alpha value is -2.14. The number of amides is 1. The number of hydrogen-bond donors (Lipinski definition) is 1. The van der Waals surface area contributed by atoms with Crippen LogP contribution in [-0.4, -0.2) is 46.8 Å². The normalized spacial score (nSPS) is 17.3. The fraction of sp³-hybridized carbons (Fsp3) is 0.545. The van der Waals surface area contributed by atoms with E-state index in [0.717, 1.165) is 44.6 Å². The Labute approximate surface area is 162 Å². The van der Waals surface area contributed by atoms with Gasteiger partial charge in [0.2, 0.25) is 5.91 Å². The summed E-state index contributed by atoms with van der Waals surface area (Å²) in [6.07, 6.45) is 3.58. The van der Waals surface area contributed by atoms with E-state index in [0.29, 0.717) is 12.5 Å². The lowest BCUT2D eigenvalue weighted by atomic mass is 10.0. The van der Waals surface area contributed by atoms with E-state index < -0.39 is 0 Å². The summed E-state index contributed by atoms with van der Waals surface area (Å²) in [5, 5.41) is 8.03. The molecule has 27 heavy (non-hydrogen) atoms. The number of rotatable bonds is 6. The summed E-state index contributed by atoms with van der Waals surface area (Å²) in [7, 11) is 1.98. The molecule has 0 spiro atoms. The second-order valence-electron chi connectivity index (χ2n) is 7.76. The first-order valence-corrected chi connectivity index (χ1v) is 10.0. The number of benzene rings is 1. The van der Waals surface area contributed by atoms with E-state index in [1.165, 1.54) is 22.4 Å². The smallest absolute Gasteiger partial charge is 0.222 e. The van der Waals surface area contributed by atoms with Crippen LogP contribution in [0.1, 0.15) is 47.3 Å². The second kappa shape index (κ2) is 8.70. The van der Waals surface area contributed by atoms with Gasteiger partial charge in [-0.1, -0.05) is 29.8 Å². The number of likely N-dealkylation sites (N-methyl/N-ethyl adjacent to an activating group) is 1. The molecule has 1 unspecified atom stereocenters. The number of hydrogen-bond acceptors (Lipinski definition) is 3. The molecular weight excluding hydrogens is 336 g/mol. The highest BCUT2D eigenvalue weighted by Gasteiger charge is 2.23. The van der Waals surface area contributed by atoms with Crippen molar-refractivity contribution in [3.63, 3.8) is 0 Å². The summed E-state index contributed by atoms with van der Waals surface area (Å²) in [6.45, 7) is 8.77. The van der Waals surface area contributed by atoms with Crippen molar-refractivity contribution in [2.75, 3.05) is 20.1 Å². The van der Waals surface area contributed by atoms with Crippen molar-refractivity contribution in [3.05, 3.63) is 52.3 Å². The van der Waals surface area contributed by atoms with Crippen LogP contribution in [0, 0.1) is 20.8 Å².